The third-order valence-corrected chi connectivity index (χ3v) is 6.36. The van der Waals surface area contributed by atoms with Crippen LogP contribution in [-0.2, 0) is 24.3 Å². The molecule has 1 aliphatic heterocycles. The molecule has 0 aliphatic carbocycles. The highest BCUT2D eigenvalue weighted by Gasteiger charge is 2.22. The predicted octanol–water partition coefficient (Wildman–Crippen LogP) is 3.80. The first kappa shape index (κ1) is 16.3. The first-order valence-electron chi connectivity index (χ1n) is 9.05. The average molecular weight is 374 g/mol. The van der Waals surface area contributed by atoms with E-state index in [9.17, 15) is 9.59 Å². The summed E-state index contributed by atoms with van der Waals surface area (Å²) in [6, 6.07) is 17.2. The lowest BCUT2D eigenvalue weighted by molar-refractivity contribution is -0.132. The number of carbonyl (C=O) groups excluding carboxylic acids is 1. The molecule has 5 rings (SSSR count). The van der Waals surface area contributed by atoms with Crippen LogP contribution in [0.5, 0.6) is 0 Å². The lowest BCUT2D eigenvalue weighted by Crippen LogP contribution is -2.37. The Labute approximate surface area is 160 Å². The van der Waals surface area contributed by atoms with Crippen molar-refractivity contribution >= 4 is 39.0 Å². The zero-order chi connectivity index (χ0) is 18.4. The van der Waals surface area contributed by atoms with E-state index in [1.54, 1.807) is 11.3 Å². The fraction of sp³-hybridized carbons (Fsp3) is 0.182. The molecule has 0 spiro atoms. The first-order chi connectivity index (χ1) is 13.2. The van der Waals surface area contributed by atoms with Gasteiger partial charge in [-0.2, -0.15) is 0 Å². The van der Waals surface area contributed by atoms with Crippen LogP contribution in [0.15, 0.2) is 64.8 Å². The smallest absolute Gasteiger partial charge is 0.242 e. The van der Waals surface area contributed by atoms with E-state index in [0.29, 0.717) is 17.3 Å². The van der Waals surface area contributed by atoms with Crippen molar-refractivity contribution in [2.24, 2.45) is 0 Å². The van der Waals surface area contributed by atoms with Gasteiger partial charge in [0.2, 0.25) is 5.91 Å². The number of fused-ring (bicyclic) bond motifs is 3. The van der Waals surface area contributed by atoms with Crippen molar-refractivity contribution in [2.45, 2.75) is 19.5 Å². The number of thiophene rings is 1. The van der Waals surface area contributed by atoms with Gasteiger partial charge in [0, 0.05) is 28.7 Å². The number of aromatic nitrogens is 1. The standard InChI is InChI=1S/C22H18N2O2S/c25-21(23-11-9-20-15(13-23)10-12-27-20)14-24-18-7-3-1-5-16(18)22(26)17-6-2-4-8-19(17)24/h1-8,10,12H,9,11,13-14H2. The Hall–Kier alpha value is -2.92. The van der Waals surface area contributed by atoms with Gasteiger partial charge in [0.05, 0.1) is 11.0 Å². The molecular weight excluding hydrogens is 356 g/mol. The van der Waals surface area contributed by atoms with Crippen LogP contribution in [0, 0.1) is 0 Å². The fourth-order valence-corrected chi connectivity index (χ4v) is 4.83. The number of pyridine rings is 1. The number of nitrogens with zero attached hydrogens (tertiary/aromatic N) is 2. The summed E-state index contributed by atoms with van der Waals surface area (Å²) < 4.78 is 1.98. The van der Waals surface area contributed by atoms with Gasteiger partial charge in [-0.3, -0.25) is 9.59 Å². The minimum Gasteiger partial charge on any atom is -0.336 e. The quantitative estimate of drug-likeness (QED) is 0.501. The Morgan fingerprint density at radius 1 is 0.963 bits per heavy atom. The number of carbonyl (C=O) groups is 1. The summed E-state index contributed by atoms with van der Waals surface area (Å²) in [4.78, 5) is 29.2. The van der Waals surface area contributed by atoms with Gasteiger partial charge in [-0.05, 0) is 47.7 Å². The van der Waals surface area contributed by atoms with Gasteiger partial charge in [0.1, 0.15) is 6.54 Å². The predicted molar refractivity (Wildman–Crippen MR) is 109 cm³/mol. The first-order valence-corrected chi connectivity index (χ1v) is 9.93. The minimum absolute atomic E-state index is 0.0192. The Balaban J connectivity index is 1.59. The SMILES string of the molecule is O=C(Cn1c2ccccc2c(=O)c2ccccc21)N1CCc2sccc2C1. The second-order valence-electron chi connectivity index (χ2n) is 6.88. The monoisotopic (exact) mass is 374 g/mol. The second kappa shape index (κ2) is 6.35. The summed E-state index contributed by atoms with van der Waals surface area (Å²) in [5, 5.41) is 3.41. The Morgan fingerprint density at radius 2 is 1.63 bits per heavy atom. The molecule has 1 amide bonds. The molecule has 0 saturated carbocycles. The van der Waals surface area contributed by atoms with E-state index in [0.717, 1.165) is 24.0 Å². The highest BCUT2D eigenvalue weighted by Crippen LogP contribution is 2.25. The molecule has 0 N–H and O–H groups in total. The molecule has 0 saturated heterocycles. The largest absolute Gasteiger partial charge is 0.336 e. The molecule has 27 heavy (non-hydrogen) atoms. The van der Waals surface area contributed by atoms with Gasteiger partial charge >= 0.3 is 0 Å². The maximum absolute atomic E-state index is 13.1. The molecule has 1 aliphatic rings. The Kier molecular flexibility index (Phi) is 3.83. The van der Waals surface area contributed by atoms with Crippen molar-refractivity contribution < 1.29 is 4.79 Å². The third kappa shape index (κ3) is 2.66. The van der Waals surface area contributed by atoms with Crippen LogP contribution in [0.25, 0.3) is 21.8 Å². The Morgan fingerprint density at radius 3 is 2.33 bits per heavy atom. The van der Waals surface area contributed by atoms with Crippen LogP contribution in [0.3, 0.4) is 0 Å². The van der Waals surface area contributed by atoms with Crippen molar-refractivity contribution in [1.29, 1.82) is 0 Å². The molecule has 134 valence electrons. The minimum atomic E-state index is 0.0192. The van der Waals surface area contributed by atoms with Crippen LogP contribution in [0.2, 0.25) is 0 Å². The summed E-state index contributed by atoms with van der Waals surface area (Å²) in [5.74, 6) is 0.0887. The normalized spacial score (nSPS) is 13.9. The zero-order valence-corrected chi connectivity index (χ0v) is 15.5. The van der Waals surface area contributed by atoms with Gasteiger partial charge < -0.3 is 9.47 Å². The molecule has 0 atom stereocenters. The average Bonchev–Trinajstić information content (AvgIpc) is 3.19. The van der Waals surface area contributed by atoms with Crippen molar-refractivity contribution in [2.75, 3.05) is 6.54 Å². The number of hydrogen-bond donors (Lipinski definition) is 0. The molecule has 4 nitrogen and oxygen atoms in total. The topological polar surface area (TPSA) is 42.3 Å². The van der Waals surface area contributed by atoms with E-state index in [4.69, 9.17) is 0 Å². The molecule has 5 heteroatoms. The number of rotatable bonds is 2. The number of para-hydroxylation sites is 2. The second-order valence-corrected chi connectivity index (χ2v) is 7.88. The van der Waals surface area contributed by atoms with Crippen molar-refractivity contribution in [1.82, 2.24) is 9.47 Å². The van der Waals surface area contributed by atoms with Crippen LogP contribution >= 0.6 is 11.3 Å². The van der Waals surface area contributed by atoms with Crippen LogP contribution in [0.1, 0.15) is 10.4 Å². The van der Waals surface area contributed by atoms with Gasteiger partial charge in [-0.25, -0.2) is 0 Å². The van der Waals surface area contributed by atoms with Crippen molar-refractivity contribution in [3.63, 3.8) is 0 Å². The molecule has 2 aromatic carbocycles. The third-order valence-electron chi connectivity index (χ3n) is 5.33. The number of amides is 1. The number of benzene rings is 2. The van der Waals surface area contributed by atoms with Gasteiger partial charge in [-0.1, -0.05) is 24.3 Å². The van der Waals surface area contributed by atoms with E-state index < -0.39 is 0 Å². The molecule has 3 heterocycles. The summed E-state index contributed by atoms with van der Waals surface area (Å²) in [6.07, 6.45) is 0.921. The summed E-state index contributed by atoms with van der Waals surface area (Å²) >= 11 is 1.77. The van der Waals surface area contributed by atoms with Crippen molar-refractivity contribution in [3.8, 4) is 0 Å². The Bertz CT molecular complexity index is 1180. The van der Waals surface area contributed by atoms with E-state index in [1.807, 2.05) is 58.0 Å². The molecular formula is C22H18N2O2S. The summed E-state index contributed by atoms with van der Waals surface area (Å²) in [6.45, 7) is 1.66. The molecule has 2 aromatic heterocycles. The maximum atomic E-state index is 13.1. The summed E-state index contributed by atoms with van der Waals surface area (Å²) in [7, 11) is 0. The lowest BCUT2D eigenvalue weighted by Gasteiger charge is -2.28. The van der Waals surface area contributed by atoms with Crippen LogP contribution in [0.4, 0.5) is 0 Å². The van der Waals surface area contributed by atoms with Crippen LogP contribution < -0.4 is 5.43 Å². The molecule has 0 unspecified atom stereocenters. The van der Waals surface area contributed by atoms with E-state index >= 15 is 0 Å². The van der Waals surface area contributed by atoms with E-state index in [-0.39, 0.29) is 17.9 Å². The van der Waals surface area contributed by atoms with Gasteiger partial charge in [0.25, 0.3) is 0 Å². The lowest BCUT2D eigenvalue weighted by atomic mass is 10.1. The van der Waals surface area contributed by atoms with E-state index in [2.05, 4.69) is 11.4 Å². The van der Waals surface area contributed by atoms with Gasteiger partial charge in [-0.15, -0.1) is 11.3 Å². The van der Waals surface area contributed by atoms with E-state index in [1.165, 1.54) is 10.4 Å². The molecule has 0 bridgehead atoms. The molecule has 0 radical (unpaired) electrons. The van der Waals surface area contributed by atoms with Crippen molar-refractivity contribution in [3.05, 3.63) is 80.6 Å². The molecule has 0 fully saturated rings. The number of hydrogen-bond acceptors (Lipinski definition) is 3. The summed E-state index contributed by atoms with van der Waals surface area (Å²) in [5.41, 5.74) is 2.89. The highest BCUT2D eigenvalue weighted by atomic mass is 32.1. The fourth-order valence-electron chi connectivity index (χ4n) is 3.94. The maximum Gasteiger partial charge on any atom is 0.242 e. The zero-order valence-electron chi connectivity index (χ0n) is 14.7. The van der Waals surface area contributed by atoms with Gasteiger partial charge in [0.15, 0.2) is 5.43 Å². The highest BCUT2D eigenvalue weighted by molar-refractivity contribution is 7.10. The molecule has 4 aromatic rings. The van der Waals surface area contributed by atoms with Crippen LogP contribution in [-0.4, -0.2) is 21.9 Å².